The number of hydrogen-bond donors (Lipinski definition) is 1. The lowest BCUT2D eigenvalue weighted by Gasteiger charge is -2.26. The van der Waals surface area contributed by atoms with Crippen LogP contribution in [0.3, 0.4) is 0 Å². The molecule has 6 heteroatoms. The molecule has 0 aliphatic carbocycles. The molecule has 1 atom stereocenters. The van der Waals surface area contributed by atoms with Crippen molar-refractivity contribution in [1.82, 2.24) is 5.32 Å². The summed E-state index contributed by atoms with van der Waals surface area (Å²) in [7, 11) is 0. The highest BCUT2D eigenvalue weighted by atomic mass is 32.2. The highest BCUT2D eigenvalue weighted by Gasteiger charge is 2.19. The summed E-state index contributed by atoms with van der Waals surface area (Å²) in [5, 5.41) is 3.46. The van der Waals surface area contributed by atoms with Crippen LogP contribution in [0.1, 0.15) is 6.42 Å². The van der Waals surface area contributed by atoms with E-state index in [9.17, 15) is 0 Å². The molecule has 0 amide bonds. The van der Waals surface area contributed by atoms with Crippen molar-refractivity contribution in [2.75, 3.05) is 38.7 Å². The van der Waals surface area contributed by atoms with Gasteiger partial charge in [-0.3, -0.25) is 0 Å². The zero-order valence-electron chi connectivity index (χ0n) is 14.6. The summed E-state index contributed by atoms with van der Waals surface area (Å²) in [4.78, 5) is 1.22. The Labute approximate surface area is 158 Å². The molecule has 2 aliphatic rings. The number of fused-ring (bicyclic) bond motifs is 2. The van der Waals surface area contributed by atoms with Crippen molar-refractivity contribution in [2.24, 2.45) is 0 Å². The maximum Gasteiger partial charge on any atom is 0.162 e. The molecule has 0 saturated carbocycles. The Hall–Kier alpha value is -2.05. The zero-order chi connectivity index (χ0) is 17.6. The SMILES string of the molecule is c1ccc2c(c1)OCC(CNCCCSc1ccc3c(c1)OCCO3)O2. The third-order valence-electron chi connectivity index (χ3n) is 4.22. The van der Waals surface area contributed by atoms with E-state index in [0.29, 0.717) is 19.8 Å². The molecule has 0 radical (unpaired) electrons. The van der Waals surface area contributed by atoms with Gasteiger partial charge >= 0.3 is 0 Å². The zero-order valence-corrected chi connectivity index (χ0v) is 15.4. The Kier molecular flexibility index (Phi) is 5.72. The largest absolute Gasteiger partial charge is 0.486 e. The highest BCUT2D eigenvalue weighted by molar-refractivity contribution is 7.99. The first-order chi connectivity index (χ1) is 12.9. The third kappa shape index (κ3) is 4.37. The van der Waals surface area contributed by atoms with Crippen LogP contribution in [0.15, 0.2) is 47.4 Å². The highest BCUT2D eigenvalue weighted by Crippen LogP contribution is 2.34. The molecule has 2 aromatic carbocycles. The molecule has 4 rings (SSSR count). The summed E-state index contributed by atoms with van der Waals surface area (Å²) < 4.78 is 22.8. The minimum Gasteiger partial charge on any atom is -0.486 e. The summed E-state index contributed by atoms with van der Waals surface area (Å²) in [5.74, 6) is 4.42. The molecule has 0 saturated heterocycles. The van der Waals surface area contributed by atoms with Gasteiger partial charge in [0.05, 0.1) is 0 Å². The molecule has 1 N–H and O–H groups in total. The van der Waals surface area contributed by atoms with E-state index >= 15 is 0 Å². The van der Waals surface area contributed by atoms with Crippen LogP contribution in [0.5, 0.6) is 23.0 Å². The van der Waals surface area contributed by atoms with Crippen LogP contribution in [-0.4, -0.2) is 44.8 Å². The number of rotatable bonds is 7. The standard InChI is InChI=1S/C20H23NO4S/c1-2-5-19-17(4-1)24-14-15(25-19)13-21-8-3-11-26-16-6-7-18-20(12-16)23-10-9-22-18/h1-2,4-7,12,15,21H,3,8-11,13-14H2. The van der Waals surface area contributed by atoms with Crippen molar-refractivity contribution >= 4 is 11.8 Å². The van der Waals surface area contributed by atoms with Crippen LogP contribution in [-0.2, 0) is 0 Å². The van der Waals surface area contributed by atoms with Crippen LogP contribution >= 0.6 is 11.8 Å². The average Bonchev–Trinajstić information content (AvgIpc) is 2.70. The van der Waals surface area contributed by atoms with Gasteiger partial charge in [0, 0.05) is 11.4 Å². The molecular weight excluding hydrogens is 350 g/mol. The van der Waals surface area contributed by atoms with Gasteiger partial charge in [-0.1, -0.05) is 12.1 Å². The fourth-order valence-electron chi connectivity index (χ4n) is 2.93. The average molecular weight is 373 g/mol. The Morgan fingerprint density at radius 2 is 1.73 bits per heavy atom. The predicted octanol–water partition coefficient (Wildman–Crippen LogP) is 3.37. The van der Waals surface area contributed by atoms with Crippen molar-refractivity contribution < 1.29 is 18.9 Å². The minimum atomic E-state index is 0.0651. The van der Waals surface area contributed by atoms with E-state index in [2.05, 4.69) is 17.4 Å². The molecule has 2 heterocycles. The first kappa shape index (κ1) is 17.4. The van der Waals surface area contributed by atoms with E-state index in [1.54, 1.807) is 0 Å². The molecule has 0 spiro atoms. The number of ether oxygens (including phenoxy) is 4. The van der Waals surface area contributed by atoms with Crippen LogP contribution in [0.4, 0.5) is 0 Å². The third-order valence-corrected chi connectivity index (χ3v) is 5.30. The van der Waals surface area contributed by atoms with Gasteiger partial charge < -0.3 is 24.3 Å². The van der Waals surface area contributed by atoms with Gasteiger partial charge in [-0.25, -0.2) is 0 Å². The van der Waals surface area contributed by atoms with E-state index in [1.807, 2.05) is 42.1 Å². The minimum absolute atomic E-state index is 0.0651. The topological polar surface area (TPSA) is 49.0 Å². The smallest absolute Gasteiger partial charge is 0.162 e. The number of para-hydroxylation sites is 2. The second-order valence-corrected chi connectivity index (χ2v) is 7.38. The van der Waals surface area contributed by atoms with Crippen LogP contribution in [0, 0.1) is 0 Å². The van der Waals surface area contributed by atoms with E-state index < -0.39 is 0 Å². The Balaban J connectivity index is 1.13. The molecule has 0 bridgehead atoms. The van der Waals surface area contributed by atoms with Gasteiger partial charge in [-0.05, 0) is 49.1 Å². The number of benzene rings is 2. The summed E-state index contributed by atoms with van der Waals surface area (Å²) >= 11 is 1.84. The molecule has 2 aliphatic heterocycles. The maximum absolute atomic E-state index is 5.94. The molecule has 0 fully saturated rings. The molecule has 1 unspecified atom stereocenters. The molecule has 0 aromatic heterocycles. The van der Waals surface area contributed by atoms with E-state index in [4.69, 9.17) is 18.9 Å². The van der Waals surface area contributed by atoms with Crippen molar-refractivity contribution in [1.29, 1.82) is 0 Å². The molecule has 5 nitrogen and oxygen atoms in total. The van der Waals surface area contributed by atoms with Crippen molar-refractivity contribution in [3.63, 3.8) is 0 Å². The summed E-state index contributed by atoms with van der Waals surface area (Å²) in [6.07, 6.45) is 1.15. The Bertz CT molecular complexity index is 740. The quantitative estimate of drug-likeness (QED) is 0.593. The monoisotopic (exact) mass is 373 g/mol. The number of nitrogens with one attached hydrogen (secondary N) is 1. The fourth-order valence-corrected chi connectivity index (χ4v) is 3.81. The first-order valence-corrected chi connectivity index (χ1v) is 9.99. The summed E-state index contributed by atoms with van der Waals surface area (Å²) in [6, 6.07) is 14.0. The van der Waals surface area contributed by atoms with Crippen molar-refractivity contribution in [3.05, 3.63) is 42.5 Å². The van der Waals surface area contributed by atoms with Crippen LogP contribution in [0.25, 0.3) is 0 Å². The molecule has 138 valence electrons. The van der Waals surface area contributed by atoms with Crippen molar-refractivity contribution in [2.45, 2.75) is 17.4 Å². The molecular formula is C20H23NO4S. The second-order valence-electron chi connectivity index (χ2n) is 6.21. The lowest BCUT2D eigenvalue weighted by Crippen LogP contribution is -2.38. The van der Waals surface area contributed by atoms with Gasteiger partial charge in [-0.2, -0.15) is 0 Å². The van der Waals surface area contributed by atoms with Gasteiger partial charge in [0.1, 0.15) is 25.9 Å². The lowest BCUT2D eigenvalue weighted by atomic mass is 10.2. The normalized spacial score (nSPS) is 17.8. The predicted molar refractivity (Wildman–Crippen MR) is 102 cm³/mol. The Morgan fingerprint density at radius 1 is 0.923 bits per heavy atom. The van der Waals surface area contributed by atoms with Gasteiger partial charge in [-0.15, -0.1) is 11.8 Å². The van der Waals surface area contributed by atoms with Gasteiger partial charge in [0.2, 0.25) is 0 Å². The fraction of sp³-hybridized carbons (Fsp3) is 0.400. The lowest BCUT2D eigenvalue weighted by molar-refractivity contribution is 0.0906. The van der Waals surface area contributed by atoms with E-state index in [1.165, 1.54) is 4.90 Å². The molecule has 2 aromatic rings. The summed E-state index contributed by atoms with van der Waals surface area (Å²) in [6.45, 7) is 3.60. The van der Waals surface area contributed by atoms with Crippen LogP contribution < -0.4 is 24.3 Å². The van der Waals surface area contributed by atoms with Gasteiger partial charge in [0.15, 0.2) is 23.0 Å². The van der Waals surface area contributed by atoms with E-state index in [0.717, 1.165) is 48.3 Å². The first-order valence-electron chi connectivity index (χ1n) is 9.00. The van der Waals surface area contributed by atoms with E-state index in [-0.39, 0.29) is 6.10 Å². The summed E-state index contributed by atoms with van der Waals surface area (Å²) in [5.41, 5.74) is 0. The van der Waals surface area contributed by atoms with Crippen molar-refractivity contribution in [3.8, 4) is 23.0 Å². The Morgan fingerprint density at radius 3 is 2.65 bits per heavy atom. The molecule has 26 heavy (non-hydrogen) atoms. The second kappa shape index (κ2) is 8.56. The number of thioether (sulfide) groups is 1. The van der Waals surface area contributed by atoms with Crippen LogP contribution in [0.2, 0.25) is 0 Å². The maximum atomic E-state index is 5.94. The number of hydrogen-bond acceptors (Lipinski definition) is 6. The van der Waals surface area contributed by atoms with Gasteiger partial charge in [0.25, 0.3) is 0 Å².